The van der Waals surface area contributed by atoms with E-state index in [1.54, 1.807) is 5.06 Å². The number of nitrogens with zero attached hydrogens (tertiary/aromatic N) is 1. The molecule has 0 aliphatic carbocycles. The normalized spacial score (nSPS) is 10.3. The first-order valence-corrected chi connectivity index (χ1v) is 4.21. The van der Waals surface area contributed by atoms with Crippen molar-refractivity contribution in [2.24, 2.45) is 0 Å². The minimum atomic E-state index is -0.284. The van der Waals surface area contributed by atoms with Gasteiger partial charge in [-0.3, -0.25) is 4.79 Å². The maximum atomic E-state index is 10.5. The van der Waals surface area contributed by atoms with E-state index in [0.717, 1.165) is 0 Å². The second-order valence-electron chi connectivity index (χ2n) is 2.30. The number of hydrogen-bond acceptors (Lipinski definition) is 4. The Labute approximate surface area is 73.4 Å². The highest BCUT2D eigenvalue weighted by atomic mass is 16.7. The molecule has 0 aliphatic heterocycles. The molecule has 0 saturated heterocycles. The van der Waals surface area contributed by atoms with Crippen LogP contribution in [-0.4, -0.2) is 37.3 Å². The van der Waals surface area contributed by atoms with Crippen LogP contribution in [0.3, 0.4) is 0 Å². The molecule has 0 spiro atoms. The van der Waals surface area contributed by atoms with Gasteiger partial charge in [0.15, 0.2) is 0 Å². The molecule has 0 saturated carbocycles. The van der Waals surface area contributed by atoms with Crippen molar-refractivity contribution in [1.29, 1.82) is 0 Å². The van der Waals surface area contributed by atoms with Crippen LogP contribution in [0.2, 0.25) is 0 Å². The lowest BCUT2D eigenvalue weighted by Crippen LogP contribution is -2.29. The van der Waals surface area contributed by atoms with Crippen molar-refractivity contribution in [2.75, 3.05) is 26.3 Å². The molecule has 0 unspecified atom stereocenters. The molecule has 12 heavy (non-hydrogen) atoms. The summed E-state index contributed by atoms with van der Waals surface area (Å²) in [5.74, 6) is -0.284. The molecule has 0 aromatic heterocycles. The summed E-state index contributed by atoms with van der Waals surface area (Å²) in [4.78, 5) is 15.4. The molecule has 0 amide bonds. The molecule has 0 rings (SSSR count). The fraction of sp³-hybridized carbons (Fsp3) is 0.875. The predicted molar refractivity (Wildman–Crippen MR) is 45.5 cm³/mol. The zero-order valence-corrected chi connectivity index (χ0v) is 8.00. The Bertz CT molecular complexity index is 127. The van der Waals surface area contributed by atoms with Gasteiger partial charge in [-0.1, -0.05) is 0 Å². The van der Waals surface area contributed by atoms with Gasteiger partial charge in [0.2, 0.25) is 0 Å². The maximum absolute atomic E-state index is 10.5. The molecule has 0 heterocycles. The number of rotatable bonds is 6. The largest absolute Gasteiger partial charge is 0.380 e. The molecule has 0 aromatic carbocycles. The zero-order valence-electron chi connectivity index (χ0n) is 8.00. The van der Waals surface area contributed by atoms with E-state index in [2.05, 4.69) is 0 Å². The van der Waals surface area contributed by atoms with Gasteiger partial charge in [0.05, 0.1) is 13.2 Å². The van der Waals surface area contributed by atoms with Crippen LogP contribution < -0.4 is 0 Å². The van der Waals surface area contributed by atoms with E-state index in [9.17, 15) is 4.79 Å². The Kier molecular flexibility index (Phi) is 6.70. The minimum Gasteiger partial charge on any atom is -0.380 e. The Hall–Kier alpha value is -0.610. The van der Waals surface area contributed by atoms with Crippen molar-refractivity contribution >= 4 is 5.97 Å². The van der Waals surface area contributed by atoms with E-state index in [1.807, 2.05) is 13.8 Å². The van der Waals surface area contributed by atoms with E-state index in [1.165, 1.54) is 6.92 Å². The molecular formula is C8H17NO3. The van der Waals surface area contributed by atoms with Crippen molar-refractivity contribution in [3.05, 3.63) is 0 Å². The first-order chi connectivity index (χ1) is 5.70. The highest BCUT2D eigenvalue weighted by Gasteiger charge is 2.04. The topological polar surface area (TPSA) is 38.8 Å². The third-order valence-corrected chi connectivity index (χ3v) is 1.30. The van der Waals surface area contributed by atoms with E-state index in [4.69, 9.17) is 9.57 Å². The monoisotopic (exact) mass is 175 g/mol. The van der Waals surface area contributed by atoms with Crippen LogP contribution in [0.4, 0.5) is 0 Å². The molecule has 0 atom stereocenters. The first kappa shape index (κ1) is 11.4. The smallest absolute Gasteiger partial charge is 0.322 e. The summed E-state index contributed by atoms with van der Waals surface area (Å²) >= 11 is 0. The Morgan fingerprint density at radius 1 is 1.42 bits per heavy atom. The van der Waals surface area contributed by atoms with E-state index in [-0.39, 0.29) is 5.97 Å². The van der Waals surface area contributed by atoms with Gasteiger partial charge >= 0.3 is 5.97 Å². The van der Waals surface area contributed by atoms with Crippen LogP contribution >= 0.6 is 0 Å². The third kappa shape index (κ3) is 6.12. The molecule has 0 aromatic rings. The first-order valence-electron chi connectivity index (χ1n) is 4.21. The quantitative estimate of drug-likeness (QED) is 0.442. The van der Waals surface area contributed by atoms with Gasteiger partial charge in [-0.25, -0.2) is 0 Å². The van der Waals surface area contributed by atoms with Crippen molar-refractivity contribution in [3.63, 3.8) is 0 Å². The van der Waals surface area contributed by atoms with Gasteiger partial charge in [0, 0.05) is 20.1 Å². The number of carbonyl (C=O) groups excluding carboxylic acids is 1. The van der Waals surface area contributed by atoms with E-state index < -0.39 is 0 Å². The lowest BCUT2D eigenvalue weighted by atomic mass is 10.6. The molecule has 0 fully saturated rings. The highest BCUT2D eigenvalue weighted by molar-refractivity contribution is 5.65. The van der Waals surface area contributed by atoms with Gasteiger partial charge in [-0.15, -0.1) is 5.06 Å². The SMILES string of the molecule is CCOCCN(CC)OC(C)=O. The van der Waals surface area contributed by atoms with Gasteiger partial charge in [-0.2, -0.15) is 0 Å². The lowest BCUT2D eigenvalue weighted by molar-refractivity contribution is -0.189. The van der Waals surface area contributed by atoms with Gasteiger partial charge < -0.3 is 9.57 Å². The van der Waals surface area contributed by atoms with Crippen LogP contribution in [0.25, 0.3) is 0 Å². The van der Waals surface area contributed by atoms with Crippen LogP contribution in [0.15, 0.2) is 0 Å². The van der Waals surface area contributed by atoms with E-state index >= 15 is 0 Å². The number of hydroxylamine groups is 2. The summed E-state index contributed by atoms with van der Waals surface area (Å²) in [7, 11) is 0. The molecule has 0 radical (unpaired) electrons. The maximum Gasteiger partial charge on any atom is 0.322 e. The van der Waals surface area contributed by atoms with Gasteiger partial charge in [0.25, 0.3) is 0 Å². The predicted octanol–water partition coefficient (Wildman–Crippen LogP) is 0.823. The second-order valence-corrected chi connectivity index (χ2v) is 2.30. The van der Waals surface area contributed by atoms with Crippen LogP contribution in [0, 0.1) is 0 Å². The van der Waals surface area contributed by atoms with Crippen LogP contribution in [0.1, 0.15) is 20.8 Å². The summed E-state index contributed by atoms with van der Waals surface area (Å²) in [6.45, 7) is 7.85. The Balaban J connectivity index is 3.46. The van der Waals surface area contributed by atoms with Crippen LogP contribution in [0.5, 0.6) is 0 Å². The molecule has 0 N–H and O–H groups in total. The van der Waals surface area contributed by atoms with Crippen molar-refractivity contribution in [1.82, 2.24) is 5.06 Å². The van der Waals surface area contributed by atoms with Crippen molar-refractivity contribution < 1.29 is 14.4 Å². The molecular weight excluding hydrogens is 158 g/mol. The summed E-state index contributed by atoms with van der Waals surface area (Å²) in [5, 5.41) is 1.58. The van der Waals surface area contributed by atoms with Gasteiger partial charge in [0.1, 0.15) is 0 Å². The molecule has 4 heteroatoms. The molecule has 4 nitrogen and oxygen atoms in total. The van der Waals surface area contributed by atoms with E-state index in [0.29, 0.717) is 26.3 Å². The fourth-order valence-electron chi connectivity index (χ4n) is 0.761. The highest BCUT2D eigenvalue weighted by Crippen LogP contribution is 1.90. The number of likely N-dealkylation sites (N-methyl/N-ethyl adjacent to an activating group) is 1. The van der Waals surface area contributed by atoms with Crippen molar-refractivity contribution in [3.8, 4) is 0 Å². The molecule has 72 valence electrons. The van der Waals surface area contributed by atoms with Gasteiger partial charge in [-0.05, 0) is 13.8 Å². The average Bonchev–Trinajstić information content (AvgIpc) is 2.02. The lowest BCUT2D eigenvalue weighted by Gasteiger charge is -2.17. The average molecular weight is 175 g/mol. The van der Waals surface area contributed by atoms with Crippen LogP contribution in [-0.2, 0) is 14.4 Å². The summed E-state index contributed by atoms with van der Waals surface area (Å²) in [6, 6.07) is 0. The third-order valence-electron chi connectivity index (χ3n) is 1.30. The summed E-state index contributed by atoms with van der Waals surface area (Å²) in [5.41, 5.74) is 0. The summed E-state index contributed by atoms with van der Waals surface area (Å²) < 4.78 is 5.11. The fourth-order valence-corrected chi connectivity index (χ4v) is 0.761. The Morgan fingerprint density at radius 2 is 2.08 bits per heavy atom. The number of hydrogen-bond donors (Lipinski definition) is 0. The second kappa shape index (κ2) is 7.06. The molecule has 0 aliphatic rings. The zero-order chi connectivity index (χ0) is 9.40. The van der Waals surface area contributed by atoms with Crippen molar-refractivity contribution in [2.45, 2.75) is 20.8 Å². The summed E-state index contributed by atoms with van der Waals surface area (Å²) in [6.07, 6.45) is 0. The minimum absolute atomic E-state index is 0.284. The Morgan fingerprint density at radius 3 is 2.50 bits per heavy atom. The molecule has 0 bridgehead atoms. The standard InChI is InChI=1S/C8H17NO3/c1-4-9(12-8(3)10)6-7-11-5-2/h4-7H2,1-3H3. The number of ether oxygens (including phenoxy) is 1. The number of carbonyl (C=O) groups is 1.